The first-order valence-electron chi connectivity index (χ1n) is 6.13. The van der Waals surface area contributed by atoms with E-state index in [1.807, 2.05) is 11.8 Å². The highest BCUT2D eigenvalue weighted by Crippen LogP contribution is 2.18. The molecule has 0 aliphatic carbocycles. The van der Waals surface area contributed by atoms with Crippen molar-refractivity contribution in [3.63, 3.8) is 0 Å². The first kappa shape index (κ1) is 13.6. The lowest BCUT2D eigenvalue weighted by Crippen LogP contribution is -2.24. The Labute approximate surface area is 104 Å². The zero-order chi connectivity index (χ0) is 11.8. The predicted octanol–water partition coefficient (Wildman–Crippen LogP) is 3.65. The van der Waals surface area contributed by atoms with Gasteiger partial charge in [-0.2, -0.15) is 11.8 Å². The van der Waals surface area contributed by atoms with Crippen LogP contribution in [0.2, 0.25) is 0 Å². The average Bonchev–Trinajstić information content (AvgIpc) is 2.35. The van der Waals surface area contributed by atoms with Crippen LogP contribution < -0.4 is 5.32 Å². The van der Waals surface area contributed by atoms with Crippen molar-refractivity contribution in [3.8, 4) is 0 Å². The summed E-state index contributed by atoms with van der Waals surface area (Å²) in [6, 6.07) is 9.53. The maximum atomic E-state index is 3.60. The second-order valence-corrected chi connectivity index (χ2v) is 4.97. The van der Waals surface area contributed by atoms with Crippen LogP contribution in [0.5, 0.6) is 0 Å². The highest BCUT2D eigenvalue weighted by atomic mass is 32.2. The quantitative estimate of drug-likeness (QED) is 0.777. The van der Waals surface area contributed by atoms with Crippen molar-refractivity contribution in [1.82, 2.24) is 5.32 Å². The van der Waals surface area contributed by atoms with E-state index in [9.17, 15) is 0 Å². The van der Waals surface area contributed by atoms with Gasteiger partial charge in [-0.25, -0.2) is 0 Å². The summed E-state index contributed by atoms with van der Waals surface area (Å²) in [6.45, 7) is 5.51. The third-order valence-electron chi connectivity index (χ3n) is 2.76. The summed E-state index contributed by atoms with van der Waals surface area (Å²) >= 11 is 1.90. The van der Waals surface area contributed by atoms with Crippen LogP contribution in [0.4, 0.5) is 0 Å². The lowest BCUT2D eigenvalue weighted by Gasteiger charge is -2.18. The molecule has 90 valence electrons. The van der Waals surface area contributed by atoms with Crippen molar-refractivity contribution in [1.29, 1.82) is 0 Å². The van der Waals surface area contributed by atoms with E-state index in [0.29, 0.717) is 6.04 Å². The summed E-state index contributed by atoms with van der Waals surface area (Å²) in [5, 5.41) is 3.60. The zero-order valence-electron chi connectivity index (χ0n) is 10.6. The monoisotopic (exact) mass is 237 g/mol. The van der Waals surface area contributed by atoms with Gasteiger partial charge in [0, 0.05) is 11.8 Å². The predicted molar refractivity (Wildman–Crippen MR) is 75.2 cm³/mol. The van der Waals surface area contributed by atoms with E-state index in [1.54, 1.807) is 0 Å². The average molecular weight is 237 g/mol. The largest absolute Gasteiger partial charge is 0.309 e. The molecule has 1 atom stereocenters. The van der Waals surface area contributed by atoms with Gasteiger partial charge in [-0.15, -0.1) is 0 Å². The SMILES string of the molecule is CCCNC(CSC)c1ccc(CC)cc1. The second-order valence-electron chi connectivity index (χ2n) is 4.06. The molecule has 1 rings (SSSR count). The second kappa shape index (κ2) is 7.75. The van der Waals surface area contributed by atoms with Gasteiger partial charge < -0.3 is 5.32 Å². The van der Waals surface area contributed by atoms with E-state index in [4.69, 9.17) is 0 Å². The van der Waals surface area contributed by atoms with Crippen LogP contribution in [-0.2, 0) is 6.42 Å². The van der Waals surface area contributed by atoms with Crippen molar-refractivity contribution in [2.24, 2.45) is 0 Å². The lowest BCUT2D eigenvalue weighted by atomic mass is 10.0. The number of benzene rings is 1. The van der Waals surface area contributed by atoms with E-state index in [0.717, 1.165) is 18.7 Å². The lowest BCUT2D eigenvalue weighted by molar-refractivity contribution is 0.577. The summed E-state index contributed by atoms with van der Waals surface area (Å²) < 4.78 is 0. The molecule has 0 aromatic heterocycles. The molecule has 16 heavy (non-hydrogen) atoms. The minimum Gasteiger partial charge on any atom is -0.309 e. The maximum Gasteiger partial charge on any atom is 0.0411 e. The molecule has 1 aromatic rings. The fraction of sp³-hybridized carbons (Fsp3) is 0.571. The summed E-state index contributed by atoms with van der Waals surface area (Å²) in [5.74, 6) is 1.14. The van der Waals surface area contributed by atoms with Gasteiger partial charge in [-0.3, -0.25) is 0 Å². The third-order valence-corrected chi connectivity index (χ3v) is 3.43. The number of aryl methyl sites for hydroxylation is 1. The molecule has 0 spiro atoms. The molecule has 0 aliphatic heterocycles. The molecule has 0 saturated carbocycles. The van der Waals surface area contributed by atoms with Gasteiger partial charge in [0.05, 0.1) is 0 Å². The first-order chi connectivity index (χ1) is 7.81. The smallest absolute Gasteiger partial charge is 0.0411 e. The summed E-state index contributed by atoms with van der Waals surface area (Å²) in [7, 11) is 0. The minimum atomic E-state index is 0.501. The fourth-order valence-corrected chi connectivity index (χ4v) is 2.39. The number of hydrogen-bond acceptors (Lipinski definition) is 2. The van der Waals surface area contributed by atoms with E-state index in [1.165, 1.54) is 17.5 Å². The highest BCUT2D eigenvalue weighted by molar-refractivity contribution is 7.98. The fourth-order valence-electron chi connectivity index (χ4n) is 1.74. The number of rotatable bonds is 7. The topological polar surface area (TPSA) is 12.0 Å². The molecule has 0 radical (unpaired) electrons. The Bertz CT molecular complexity index is 281. The normalized spacial score (nSPS) is 12.7. The molecule has 1 nitrogen and oxygen atoms in total. The summed E-state index contributed by atoms with van der Waals surface area (Å²) in [5.41, 5.74) is 2.84. The minimum absolute atomic E-state index is 0.501. The van der Waals surface area contributed by atoms with Gasteiger partial charge in [0.2, 0.25) is 0 Å². The maximum absolute atomic E-state index is 3.60. The van der Waals surface area contributed by atoms with Crippen LogP contribution in [0, 0.1) is 0 Å². The van der Waals surface area contributed by atoms with Gasteiger partial charge >= 0.3 is 0 Å². The molecule has 1 N–H and O–H groups in total. The van der Waals surface area contributed by atoms with Crippen LogP contribution in [0.25, 0.3) is 0 Å². The molecular formula is C14H23NS. The number of hydrogen-bond donors (Lipinski definition) is 1. The Morgan fingerprint density at radius 2 is 1.88 bits per heavy atom. The van der Waals surface area contributed by atoms with Gasteiger partial charge in [0.25, 0.3) is 0 Å². The molecule has 0 aliphatic rings. The van der Waals surface area contributed by atoms with Gasteiger partial charge in [0.15, 0.2) is 0 Å². The zero-order valence-corrected chi connectivity index (χ0v) is 11.4. The van der Waals surface area contributed by atoms with E-state index in [2.05, 4.69) is 49.7 Å². The summed E-state index contributed by atoms with van der Waals surface area (Å²) in [4.78, 5) is 0. The molecular weight excluding hydrogens is 214 g/mol. The standard InChI is InChI=1S/C14H23NS/c1-4-10-15-14(11-16-3)13-8-6-12(5-2)7-9-13/h6-9,14-15H,4-5,10-11H2,1-3H3. The molecule has 1 aromatic carbocycles. The Kier molecular flexibility index (Phi) is 6.58. The van der Waals surface area contributed by atoms with E-state index in [-0.39, 0.29) is 0 Å². The molecule has 2 heteroatoms. The van der Waals surface area contributed by atoms with Gasteiger partial charge in [0.1, 0.15) is 0 Å². The van der Waals surface area contributed by atoms with Crippen LogP contribution in [0.15, 0.2) is 24.3 Å². The Hall–Kier alpha value is -0.470. The summed E-state index contributed by atoms with van der Waals surface area (Å²) in [6.07, 6.45) is 4.48. The number of nitrogens with one attached hydrogen (secondary N) is 1. The number of thioether (sulfide) groups is 1. The van der Waals surface area contributed by atoms with Gasteiger partial charge in [-0.05, 0) is 36.8 Å². The van der Waals surface area contributed by atoms with Crippen molar-refractivity contribution < 1.29 is 0 Å². The third kappa shape index (κ3) is 4.18. The van der Waals surface area contributed by atoms with Gasteiger partial charge in [-0.1, -0.05) is 38.1 Å². The van der Waals surface area contributed by atoms with Crippen LogP contribution in [0.3, 0.4) is 0 Å². The molecule has 0 saturated heterocycles. The highest BCUT2D eigenvalue weighted by Gasteiger charge is 2.09. The molecule has 0 fully saturated rings. The van der Waals surface area contributed by atoms with E-state index < -0.39 is 0 Å². The Morgan fingerprint density at radius 3 is 2.38 bits per heavy atom. The van der Waals surface area contributed by atoms with Crippen LogP contribution >= 0.6 is 11.8 Å². The van der Waals surface area contributed by atoms with Crippen molar-refractivity contribution in [2.45, 2.75) is 32.7 Å². The van der Waals surface area contributed by atoms with E-state index >= 15 is 0 Å². The molecule has 0 bridgehead atoms. The molecule has 0 amide bonds. The first-order valence-corrected chi connectivity index (χ1v) is 7.52. The Balaban J connectivity index is 2.67. The van der Waals surface area contributed by atoms with Crippen LogP contribution in [-0.4, -0.2) is 18.6 Å². The van der Waals surface area contributed by atoms with Crippen molar-refractivity contribution in [2.75, 3.05) is 18.6 Å². The van der Waals surface area contributed by atoms with Crippen molar-refractivity contribution in [3.05, 3.63) is 35.4 Å². The van der Waals surface area contributed by atoms with Crippen molar-refractivity contribution >= 4 is 11.8 Å². The molecule has 1 unspecified atom stereocenters. The Morgan fingerprint density at radius 1 is 1.19 bits per heavy atom. The van der Waals surface area contributed by atoms with Crippen LogP contribution in [0.1, 0.15) is 37.4 Å². The molecule has 0 heterocycles.